The normalized spacial score (nSPS) is 18.8. The number of terminal acetylenes is 1. The Morgan fingerprint density at radius 3 is 2.51 bits per heavy atom. The fraction of sp³-hybridized carbons (Fsp3) is 0.424. The number of aryl methyl sites for hydroxylation is 1. The van der Waals surface area contributed by atoms with E-state index in [1.54, 1.807) is 21.6 Å². The van der Waals surface area contributed by atoms with Gasteiger partial charge in [0.25, 0.3) is 5.91 Å². The summed E-state index contributed by atoms with van der Waals surface area (Å²) in [4.78, 5) is 38.9. The molecule has 9 nitrogen and oxygen atoms in total. The minimum absolute atomic E-state index is 0.0652. The molecule has 1 saturated carbocycles. The van der Waals surface area contributed by atoms with Gasteiger partial charge >= 0.3 is 6.18 Å². The number of halogens is 3. The predicted octanol–water partition coefficient (Wildman–Crippen LogP) is 4.86. The molecule has 234 valence electrons. The minimum atomic E-state index is -4.68. The van der Waals surface area contributed by atoms with Crippen molar-refractivity contribution in [2.75, 3.05) is 26.2 Å². The van der Waals surface area contributed by atoms with Crippen molar-refractivity contribution in [2.45, 2.75) is 52.3 Å². The summed E-state index contributed by atoms with van der Waals surface area (Å²) in [6.07, 6.45) is 9.72. The van der Waals surface area contributed by atoms with Gasteiger partial charge in [-0.05, 0) is 49.3 Å². The van der Waals surface area contributed by atoms with Crippen LogP contribution in [-0.2, 0) is 23.9 Å². The van der Waals surface area contributed by atoms with Crippen LogP contribution < -0.4 is 0 Å². The molecule has 0 unspecified atom stereocenters. The molecule has 1 aliphatic heterocycles. The van der Waals surface area contributed by atoms with Gasteiger partial charge in [0.2, 0.25) is 5.91 Å². The Morgan fingerprint density at radius 1 is 1.09 bits per heavy atom. The van der Waals surface area contributed by atoms with Crippen LogP contribution in [0.4, 0.5) is 13.2 Å². The van der Waals surface area contributed by atoms with Crippen molar-refractivity contribution in [3.63, 3.8) is 0 Å². The van der Waals surface area contributed by atoms with Crippen molar-refractivity contribution in [2.24, 2.45) is 11.8 Å². The number of nitrogens with zero attached hydrogens (tertiary/aromatic N) is 7. The number of amides is 2. The van der Waals surface area contributed by atoms with Gasteiger partial charge in [0, 0.05) is 62.7 Å². The molecule has 2 amide bonds. The van der Waals surface area contributed by atoms with Gasteiger partial charge in [0.1, 0.15) is 6.54 Å². The molecule has 1 saturated heterocycles. The number of fused-ring (bicyclic) bond motifs is 1. The van der Waals surface area contributed by atoms with Gasteiger partial charge in [-0.25, -0.2) is 4.98 Å². The average molecular weight is 618 g/mol. The number of benzene rings is 1. The Balaban J connectivity index is 1.17. The lowest BCUT2D eigenvalue weighted by molar-refractivity contribution is -0.141. The van der Waals surface area contributed by atoms with Crippen LogP contribution in [-0.4, -0.2) is 71.9 Å². The van der Waals surface area contributed by atoms with E-state index in [2.05, 4.69) is 27.9 Å². The Hall–Kier alpha value is -4.66. The van der Waals surface area contributed by atoms with E-state index in [1.807, 2.05) is 24.0 Å². The van der Waals surface area contributed by atoms with E-state index >= 15 is 0 Å². The molecule has 2 aliphatic rings. The van der Waals surface area contributed by atoms with Crippen molar-refractivity contribution >= 4 is 17.5 Å². The van der Waals surface area contributed by atoms with Gasteiger partial charge < -0.3 is 9.80 Å². The third-order valence-electron chi connectivity index (χ3n) is 8.88. The fourth-order valence-electron chi connectivity index (χ4n) is 6.55. The van der Waals surface area contributed by atoms with E-state index in [-0.39, 0.29) is 35.5 Å². The van der Waals surface area contributed by atoms with Crippen molar-refractivity contribution in [3.05, 3.63) is 71.1 Å². The van der Waals surface area contributed by atoms with Crippen LogP contribution in [0.25, 0.3) is 16.9 Å². The average Bonchev–Trinajstić information content (AvgIpc) is 3.75. The maximum Gasteiger partial charge on any atom is 0.435 e. The van der Waals surface area contributed by atoms with E-state index in [0.29, 0.717) is 55.4 Å². The van der Waals surface area contributed by atoms with Crippen LogP contribution >= 0.6 is 0 Å². The number of rotatable bonds is 6. The van der Waals surface area contributed by atoms with Gasteiger partial charge in [-0.2, -0.15) is 18.3 Å². The Morgan fingerprint density at radius 2 is 1.84 bits per heavy atom. The summed E-state index contributed by atoms with van der Waals surface area (Å²) in [5, 5.41) is 3.66. The topological polar surface area (TPSA) is 88.6 Å². The molecule has 3 aromatic heterocycles. The molecule has 6 rings (SSSR count). The number of piperazine rings is 1. The SMILES string of the molecule is C#CCn1cc(-c2cnc3c(Cc4ccc(C(=O)N5CCN(C(=O)[C@@H]6CC[C@H](C)C6)CC5)c(C)c4)nccn23)c(C(F)(F)F)n1. The summed E-state index contributed by atoms with van der Waals surface area (Å²) in [5.74, 6) is 3.17. The van der Waals surface area contributed by atoms with E-state index in [1.165, 1.54) is 18.6 Å². The lowest BCUT2D eigenvalue weighted by atomic mass is 10.0. The third kappa shape index (κ3) is 6.03. The molecule has 0 radical (unpaired) electrons. The Labute approximate surface area is 259 Å². The second-order valence-electron chi connectivity index (χ2n) is 12.1. The zero-order valence-corrected chi connectivity index (χ0v) is 25.2. The number of hydrogen-bond donors (Lipinski definition) is 0. The molecule has 0 bridgehead atoms. The van der Waals surface area contributed by atoms with Crippen molar-refractivity contribution in [1.82, 2.24) is 33.9 Å². The van der Waals surface area contributed by atoms with Gasteiger partial charge in [-0.15, -0.1) is 6.42 Å². The second-order valence-corrected chi connectivity index (χ2v) is 12.1. The molecular formula is C33H34F3N7O2. The molecular weight excluding hydrogens is 583 g/mol. The highest BCUT2D eigenvalue weighted by Crippen LogP contribution is 2.37. The van der Waals surface area contributed by atoms with E-state index < -0.39 is 11.9 Å². The molecule has 12 heteroatoms. The van der Waals surface area contributed by atoms with E-state index in [0.717, 1.165) is 35.1 Å². The van der Waals surface area contributed by atoms with E-state index in [4.69, 9.17) is 6.42 Å². The molecule has 0 N–H and O–H groups in total. The minimum Gasteiger partial charge on any atom is -0.339 e. The van der Waals surface area contributed by atoms with Crippen molar-refractivity contribution in [1.29, 1.82) is 0 Å². The predicted molar refractivity (Wildman–Crippen MR) is 161 cm³/mol. The molecule has 2 atom stereocenters. The first-order valence-corrected chi connectivity index (χ1v) is 15.1. The van der Waals surface area contributed by atoms with Crippen LogP contribution in [0, 0.1) is 31.1 Å². The van der Waals surface area contributed by atoms with Gasteiger partial charge in [-0.1, -0.05) is 25.0 Å². The number of carbonyl (C=O) groups excluding carboxylic acids is 2. The zero-order chi connectivity index (χ0) is 31.9. The maximum absolute atomic E-state index is 13.8. The molecule has 4 aromatic rings. The summed E-state index contributed by atoms with van der Waals surface area (Å²) >= 11 is 0. The zero-order valence-electron chi connectivity index (χ0n) is 25.2. The van der Waals surface area contributed by atoms with Crippen molar-refractivity contribution in [3.8, 4) is 23.6 Å². The second kappa shape index (κ2) is 12.0. The Kier molecular flexibility index (Phi) is 8.12. The highest BCUT2D eigenvalue weighted by atomic mass is 19.4. The smallest absolute Gasteiger partial charge is 0.339 e. The summed E-state index contributed by atoms with van der Waals surface area (Å²) in [6, 6.07) is 5.59. The van der Waals surface area contributed by atoms with Gasteiger partial charge in [-0.3, -0.25) is 23.7 Å². The van der Waals surface area contributed by atoms with Crippen molar-refractivity contribution < 1.29 is 22.8 Å². The first kappa shape index (κ1) is 30.4. The van der Waals surface area contributed by atoms with E-state index in [9.17, 15) is 22.8 Å². The standard InChI is InChI=1S/C33H34F3N7O2/c1-4-10-42-20-26(29(39-42)33(34,35)36)28-19-38-30-27(37-9-11-43(28)30)18-23-6-8-25(22(3)17-23)32(45)41-14-12-40(13-15-41)31(44)24-7-5-21(2)16-24/h1,6,8-9,11,17,19-21,24H,5,7,10,12-16,18H2,2-3H3/t21-,24+/m0/s1. The van der Waals surface area contributed by atoms with Gasteiger partial charge in [0.05, 0.1) is 23.1 Å². The molecule has 45 heavy (non-hydrogen) atoms. The summed E-state index contributed by atoms with van der Waals surface area (Å²) in [5.41, 5.74) is 2.34. The van der Waals surface area contributed by atoms with Crippen LogP contribution in [0.2, 0.25) is 0 Å². The molecule has 4 heterocycles. The van der Waals surface area contributed by atoms with Crippen LogP contribution in [0.3, 0.4) is 0 Å². The first-order chi connectivity index (χ1) is 21.5. The van der Waals surface area contributed by atoms with Gasteiger partial charge in [0.15, 0.2) is 11.3 Å². The first-order valence-electron chi connectivity index (χ1n) is 15.1. The highest BCUT2D eigenvalue weighted by Gasteiger charge is 2.38. The quantitative estimate of drug-likeness (QED) is 0.289. The molecule has 1 aliphatic carbocycles. The maximum atomic E-state index is 13.8. The molecule has 2 fully saturated rings. The lowest BCUT2D eigenvalue weighted by Crippen LogP contribution is -2.51. The van der Waals surface area contributed by atoms with Crippen LogP contribution in [0.1, 0.15) is 59.1 Å². The van der Waals surface area contributed by atoms with Crippen LogP contribution in [0.5, 0.6) is 0 Å². The number of aromatic nitrogens is 5. The monoisotopic (exact) mass is 617 g/mol. The fourth-order valence-corrected chi connectivity index (χ4v) is 6.55. The third-order valence-corrected chi connectivity index (χ3v) is 8.88. The number of alkyl halides is 3. The summed E-state index contributed by atoms with van der Waals surface area (Å²) < 4.78 is 44.1. The summed E-state index contributed by atoms with van der Waals surface area (Å²) in [7, 11) is 0. The highest BCUT2D eigenvalue weighted by molar-refractivity contribution is 5.96. The Bertz CT molecular complexity index is 1790. The number of hydrogen-bond acceptors (Lipinski definition) is 5. The van der Waals surface area contributed by atoms with Crippen LogP contribution in [0.15, 0.2) is 43.0 Å². The molecule has 0 spiro atoms. The summed E-state index contributed by atoms with van der Waals surface area (Å²) in [6.45, 7) is 6.07. The number of carbonyl (C=O) groups is 2. The largest absolute Gasteiger partial charge is 0.435 e. The lowest BCUT2D eigenvalue weighted by Gasteiger charge is -2.36. The molecule has 1 aromatic carbocycles. The number of imidazole rings is 1.